The van der Waals surface area contributed by atoms with Crippen LogP contribution in [0.15, 0.2) is 35.6 Å². The maximum atomic E-state index is 3.47. The smallest absolute Gasteiger partial charge is 0.0340 e. The minimum absolute atomic E-state index is 0.192. The fraction of sp³-hybridized carbons (Fsp3) is 0.500. The highest BCUT2D eigenvalue weighted by atomic mass is 14.9. The first-order valence-corrected chi connectivity index (χ1v) is 5.03. The minimum atomic E-state index is 0.192. The molecular weight excluding hydrogens is 158 g/mol. The van der Waals surface area contributed by atoms with E-state index >= 15 is 0 Å². The van der Waals surface area contributed by atoms with Gasteiger partial charge in [-0.2, -0.15) is 0 Å². The number of hydrogen-bond donors (Lipinski definition) is 1. The molecule has 1 N–H and O–H groups in total. The lowest BCUT2D eigenvalue weighted by molar-refractivity contribution is 0.599. The first kappa shape index (κ1) is 8.61. The quantitative estimate of drug-likeness (QED) is 0.597. The summed E-state index contributed by atoms with van der Waals surface area (Å²) in [6, 6.07) is 0. The van der Waals surface area contributed by atoms with Gasteiger partial charge in [0.05, 0.1) is 0 Å². The number of hydrogen-bond acceptors (Lipinski definition) is 1. The highest BCUT2D eigenvalue weighted by Crippen LogP contribution is 2.29. The van der Waals surface area contributed by atoms with Crippen LogP contribution in [0.2, 0.25) is 0 Å². The van der Waals surface area contributed by atoms with Crippen LogP contribution < -0.4 is 5.32 Å². The fourth-order valence-corrected chi connectivity index (χ4v) is 1.90. The van der Waals surface area contributed by atoms with E-state index in [1.54, 1.807) is 0 Å². The molecule has 0 aromatic carbocycles. The normalized spacial score (nSPS) is 25.1. The van der Waals surface area contributed by atoms with E-state index in [9.17, 15) is 0 Å². The first-order valence-electron chi connectivity index (χ1n) is 5.03. The summed E-state index contributed by atoms with van der Waals surface area (Å²) in [6.07, 6.45) is 11.5. The number of allylic oxidation sites excluding steroid dienone is 5. The summed E-state index contributed by atoms with van der Waals surface area (Å²) in [6.45, 7) is 5.60. The van der Waals surface area contributed by atoms with Crippen LogP contribution in [0.4, 0.5) is 0 Å². The van der Waals surface area contributed by atoms with Gasteiger partial charge in [-0.05, 0) is 18.4 Å². The molecular formula is C12H17N. The van der Waals surface area contributed by atoms with Crippen LogP contribution in [0.1, 0.15) is 26.7 Å². The van der Waals surface area contributed by atoms with Crippen LogP contribution in [-0.2, 0) is 0 Å². The molecule has 70 valence electrons. The zero-order valence-corrected chi connectivity index (χ0v) is 8.43. The van der Waals surface area contributed by atoms with E-state index in [0.717, 1.165) is 6.54 Å². The van der Waals surface area contributed by atoms with Crippen molar-refractivity contribution in [1.29, 1.82) is 0 Å². The average Bonchev–Trinajstić information content (AvgIpc) is 2.21. The second kappa shape index (κ2) is 3.06. The molecule has 0 unspecified atom stereocenters. The van der Waals surface area contributed by atoms with Crippen molar-refractivity contribution in [2.24, 2.45) is 5.41 Å². The Kier molecular flexibility index (Phi) is 2.03. The van der Waals surface area contributed by atoms with Crippen molar-refractivity contribution in [3.8, 4) is 0 Å². The summed E-state index contributed by atoms with van der Waals surface area (Å²) in [5.74, 6) is 0. The molecule has 1 aliphatic carbocycles. The van der Waals surface area contributed by atoms with Crippen molar-refractivity contribution in [1.82, 2.24) is 5.32 Å². The van der Waals surface area contributed by atoms with Crippen molar-refractivity contribution >= 4 is 0 Å². The lowest BCUT2D eigenvalue weighted by Gasteiger charge is -2.22. The summed E-state index contributed by atoms with van der Waals surface area (Å²) in [4.78, 5) is 0. The fourth-order valence-electron chi connectivity index (χ4n) is 1.90. The van der Waals surface area contributed by atoms with E-state index in [2.05, 4.69) is 43.5 Å². The largest absolute Gasteiger partial charge is 0.385 e. The molecule has 0 amide bonds. The SMILES string of the molecule is CC1(C)C=CC=C2CCCNC2=C1. The molecule has 1 nitrogen and oxygen atoms in total. The molecule has 1 aliphatic heterocycles. The third kappa shape index (κ3) is 1.85. The van der Waals surface area contributed by atoms with Crippen molar-refractivity contribution in [3.05, 3.63) is 35.6 Å². The second-order valence-corrected chi connectivity index (χ2v) is 4.46. The number of fused-ring (bicyclic) bond motifs is 1. The molecule has 0 aromatic rings. The van der Waals surface area contributed by atoms with Gasteiger partial charge in [0.1, 0.15) is 0 Å². The van der Waals surface area contributed by atoms with E-state index in [4.69, 9.17) is 0 Å². The van der Waals surface area contributed by atoms with E-state index in [-0.39, 0.29) is 5.41 Å². The Hall–Kier alpha value is -0.980. The van der Waals surface area contributed by atoms with Gasteiger partial charge in [-0.25, -0.2) is 0 Å². The average molecular weight is 175 g/mol. The van der Waals surface area contributed by atoms with Gasteiger partial charge in [-0.1, -0.05) is 38.2 Å². The van der Waals surface area contributed by atoms with Gasteiger partial charge in [-0.3, -0.25) is 0 Å². The molecule has 2 aliphatic rings. The Labute approximate surface area is 80.2 Å². The van der Waals surface area contributed by atoms with E-state index in [1.807, 2.05) is 0 Å². The standard InChI is InChI=1S/C12H17N/c1-12(2)7-3-5-10-6-4-8-13-11(10)9-12/h3,5,7,9,13H,4,6,8H2,1-2H3. The van der Waals surface area contributed by atoms with Crippen molar-refractivity contribution in [3.63, 3.8) is 0 Å². The maximum absolute atomic E-state index is 3.47. The van der Waals surface area contributed by atoms with Crippen LogP contribution in [0.3, 0.4) is 0 Å². The Morgan fingerprint density at radius 2 is 2.23 bits per heavy atom. The molecule has 0 spiro atoms. The van der Waals surface area contributed by atoms with Gasteiger partial charge in [0.15, 0.2) is 0 Å². The zero-order valence-electron chi connectivity index (χ0n) is 8.43. The first-order chi connectivity index (χ1) is 6.17. The minimum Gasteiger partial charge on any atom is -0.385 e. The second-order valence-electron chi connectivity index (χ2n) is 4.46. The summed E-state index contributed by atoms with van der Waals surface area (Å²) < 4.78 is 0. The molecule has 0 atom stereocenters. The van der Waals surface area contributed by atoms with E-state index in [0.29, 0.717) is 0 Å². The van der Waals surface area contributed by atoms with Gasteiger partial charge >= 0.3 is 0 Å². The van der Waals surface area contributed by atoms with Gasteiger partial charge in [0, 0.05) is 17.7 Å². The number of piperidine rings is 1. The maximum Gasteiger partial charge on any atom is 0.0340 e. The zero-order chi connectivity index (χ0) is 9.31. The molecule has 2 rings (SSSR count). The van der Waals surface area contributed by atoms with Crippen molar-refractivity contribution < 1.29 is 0 Å². The van der Waals surface area contributed by atoms with Crippen molar-refractivity contribution in [2.45, 2.75) is 26.7 Å². The molecule has 1 fully saturated rings. The Bertz CT molecular complexity index is 292. The predicted octanol–water partition coefficient (Wildman–Crippen LogP) is 2.78. The van der Waals surface area contributed by atoms with Crippen LogP contribution in [0.25, 0.3) is 0 Å². The molecule has 0 radical (unpaired) electrons. The summed E-state index contributed by atoms with van der Waals surface area (Å²) >= 11 is 0. The predicted molar refractivity (Wildman–Crippen MR) is 56.3 cm³/mol. The van der Waals surface area contributed by atoms with Crippen molar-refractivity contribution in [2.75, 3.05) is 6.54 Å². The van der Waals surface area contributed by atoms with Crippen LogP contribution in [0.5, 0.6) is 0 Å². The van der Waals surface area contributed by atoms with Gasteiger partial charge in [0.25, 0.3) is 0 Å². The van der Waals surface area contributed by atoms with Gasteiger partial charge in [-0.15, -0.1) is 0 Å². The summed E-state index contributed by atoms with van der Waals surface area (Å²) in [7, 11) is 0. The van der Waals surface area contributed by atoms with Crippen LogP contribution in [0, 0.1) is 5.41 Å². The lowest BCUT2D eigenvalue weighted by atomic mass is 9.91. The van der Waals surface area contributed by atoms with E-state index < -0.39 is 0 Å². The number of nitrogens with one attached hydrogen (secondary N) is 1. The monoisotopic (exact) mass is 175 g/mol. The molecule has 0 saturated carbocycles. The molecule has 0 bridgehead atoms. The lowest BCUT2D eigenvalue weighted by Crippen LogP contribution is -2.23. The summed E-state index contributed by atoms with van der Waals surface area (Å²) in [5, 5.41) is 3.47. The Morgan fingerprint density at radius 3 is 3.08 bits per heavy atom. The molecule has 0 aromatic heterocycles. The molecule has 1 heteroatoms. The summed E-state index contributed by atoms with van der Waals surface area (Å²) in [5.41, 5.74) is 3.01. The topological polar surface area (TPSA) is 12.0 Å². The highest BCUT2D eigenvalue weighted by Gasteiger charge is 2.18. The van der Waals surface area contributed by atoms with Crippen LogP contribution in [-0.4, -0.2) is 6.54 Å². The van der Waals surface area contributed by atoms with Gasteiger partial charge < -0.3 is 5.32 Å². The third-order valence-corrected chi connectivity index (χ3v) is 2.62. The molecule has 13 heavy (non-hydrogen) atoms. The molecule has 1 heterocycles. The number of rotatable bonds is 0. The highest BCUT2D eigenvalue weighted by molar-refractivity contribution is 5.39. The van der Waals surface area contributed by atoms with Crippen LogP contribution >= 0.6 is 0 Å². The Balaban J connectivity index is 2.34. The third-order valence-electron chi connectivity index (χ3n) is 2.62. The Morgan fingerprint density at radius 1 is 1.38 bits per heavy atom. The molecule has 1 saturated heterocycles. The van der Waals surface area contributed by atoms with E-state index in [1.165, 1.54) is 24.1 Å². The van der Waals surface area contributed by atoms with Gasteiger partial charge in [0.2, 0.25) is 0 Å².